The number of carbonyl (C=O) groups is 1. The summed E-state index contributed by atoms with van der Waals surface area (Å²) in [4.78, 5) is 18.0. The Morgan fingerprint density at radius 3 is 2.85 bits per heavy atom. The van der Waals surface area contributed by atoms with Crippen molar-refractivity contribution in [2.24, 2.45) is 11.7 Å². The zero-order valence-electron chi connectivity index (χ0n) is 13.9. The predicted molar refractivity (Wildman–Crippen MR) is 93.4 cm³/mol. The third kappa shape index (κ3) is 2.93. The Hall–Kier alpha value is -2.52. The van der Waals surface area contributed by atoms with Gasteiger partial charge < -0.3 is 15.7 Å². The third-order valence-corrected chi connectivity index (χ3v) is 6.12. The Bertz CT molecular complexity index is 948. The number of halogens is 1. The fourth-order valence-corrected chi connectivity index (χ4v) is 4.82. The number of rotatable bonds is 4. The van der Waals surface area contributed by atoms with E-state index in [1.54, 1.807) is 6.07 Å². The lowest BCUT2D eigenvalue weighted by atomic mass is 9.93. The number of primary amides is 1. The van der Waals surface area contributed by atoms with Crippen molar-refractivity contribution in [3.8, 4) is 5.88 Å². The smallest absolute Gasteiger partial charge is 0.235 e. The Morgan fingerprint density at radius 1 is 1.42 bits per heavy atom. The number of nitrogens with two attached hydrogens (primary N) is 1. The van der Waals surface area contributed by atoms with Crippen LogP contribution in [0.15, 0.2) is 30.6 Å². The first-order chi connectivity index (χ1) is 12.5. The number of hydrogen-bond donors (Lipinski definition) is 3. The van der Waals surface area contributed by atoms with Gasteiger partial charge in [0.15, 0.2) is 6.04 Å². The topological polar surface area (TPSA) is 98.0 Å². The molecule has 1 aromatic carbocycles. The number of aromatic nitrogens is 3. The minimum atomic E-state index is -0.321. The van der Waals surface area contributed by atoms with Crippen LogP contribution in [0, 0.1) is 11.7 Å². The molecular formula is C17H19FN5O2S+. The molecule has 2 aromatic heterocycles. The normalized spacial score (nSPS) is 21.7. The average Bonchev–Trinajstić information content (AvgIpc) is 3.20. The maximum Gasteiger partial charge on any atom is 0.235 e. The molecule has 1 aliphatic rings. The molecule has 0 bridgehead atoms. The molecule has 0 unspecified atom stereocenters. The van der Waals surface area contributed by atoms with Gasteiger partial charge in [-0.3, -0.25) is 4.79 Å². The Labute approximate surface area is 152 Å². The van der Waals surface area contributed by atoms with E-state index in [0.717, 1.165) is 10.5 Å². The van der Waals surface area contributed by atoms with E-state index in [9.17, 15) is 14.3 Å². The highest BCUT2D eigenvalue weighted by Gasteiger charge is 2.36. The molecule has 1 aliphatic heterocycles. The summed E-state index contributed by atoms with van der Waals surface area (Å²) in [5.41, 5.74) is 6.21. The molecule has 9 heteroatoms. The highest BCUT2D eigenvalue weighted by atomic mass is 32.1. The van der Waals surface area contributed by atoms with Crippen LogP contribution < -0.4 is 10.6 Å². The van der Waals surface area contributed by atoms with Crippen molar-refractivity contribution in [2.45, 2.75) is 18.9 Å². The van der Waals surface area contributed by atoms with Gasteiger partial charge in [0.1, 0.15) is 17.0 Å². The third-order valence-electron chi connectivity index (χ3n) is 5.02. The number of benzene rings is 1. The number of aromatic hydroxyl groups is 1. The highest BCUT2D eigenvalue weighted by Crippen LogP contribution is 2.35. The van der Waals surface area contributed by atoms with Crippen LogP contribution in [0.2, 0.25) is 0 Å². The lowest BCUT2D eigenvalue weighted by Gasteiger charge is -2.33. The zero-order valence-corrected chi connectivity index (χ0v) is 14.7. The standard InChI is InChI=1S/C17H18FN5O2S/c18-12-3-1-2-11(8-12)13(22-6-4-10(5-7-22)15(19)24)14-16(25)23-17(26-14)20-9-21-23/h1-3,8-10,13,25H,4-7H2,(H2,19,24)/p+1/t13-/m0/s1. The van der Waals surface area contributed by atoms with Gasteiger partial charge >= 0.3 is 0 Å². The van der Waals surface area contributed by atoms with E-state index in [1.807, 2.05) is 6.07 Å². The van der Waals surface area contributed by atoms with Gasteiger partial charge in [-0.15, -0.1) is 0 Å². The maximum absolute atomic E-state index is 13.9. The second kappa shape index (κ2) is 6.65. The molecule has 1 fully saturated rings. The van der Waals surface area contributed by atoms with Gasteiger partial charge in [-0.2, -0.15) is 9.61 Å². The number of thiazole rings is 1. The molecule has 3 aromatic rings. The number of piperidine rings is 1. The van der Waals surface area contributed by atoms with E-state index < -0.39 is 0 Å². The number of hydrogen-bond acceptors (Lipinski definition) is 5. The molecule has 1 saturated heterocycles. The van der Waals surface area contributed by atoms with E-state index >= 15 is 0 Å². The first-order valence-electron chi connectivity index (χ1n) is 8.45. The summed E-state index contributed by atoms with van der Waals surface area (Å²) < 4.78 is 15.3. The second-order valence-corrected chi connectivity index (χ2v) is 7.58. The number of quaternary nitrogens is 1. The van der Waals surface area contributed by atoms with Gasteiger partial charge in [0.05, 0.1) is 13.1 Å². The molecule has 136 valence electrons. The van der Waals surface area contributed by atoms with Crippen LogP contribution >= 0.6 is 11.3 Å². The van der Waals surface area contributed by atoms with Crippen molar-refractivity contribution in [3.05, 3.63) is 46.9 Å². The van der Waals surface area contributed by atoms with Gasteiger partial charge in [0, 0.05) is 24.3 Å². The van der Waals surface area contributed by atoms with Crippen LogP contribution in [-0.4, -0.2) is 38.7 Å². The molecule has 7 nitrogen and oxygen atoms in total. The fraction of sp³-hybridized carbons (Fsp3) is 0.353. The summed E-state index contributed by atoms with van der Waals surface area (Å²) in [6.45, 7) is 1.42. The number of carbonyl (C=O) groups excluding carboxylic acids is 1. The predicted octanol–water partition coefficient (Wildman–Crippen LogP) is 0.505. The van der Waals surface area contributed by atoms with Gasteiger partial charge in [0.25, 0.3) is 0 Å². The quantitative estimate of drug-likeness (QED) is 0.618. The Kier molecular flexibility index (Phi) is 4.33. The van der Waals surface area contributed by atoms with Crippen LogP contribution in [0.5, 0.6) is 5.88 Å². The maximum atomic E-state index is 13.9. The van der Waals surface area contributed by atoms with Crippen LogP contribution in [0.1, 0.15) is 29.3 Å². The molecule has 26 heavy (non-hydrogen) atoms. The van der Waals surface area contributed by atoms with E-state index in [-0.39, 0.29) is 29.6 Å². The van der Waals surface area contributed by atoms with E-state index in [2.05, 4.69) is 10.1 Å². The molecule has 0 aliphatic carbocycles. The minimum Gasteiger partial charge on any atom is -0.492 e. The van der Waals surface area contributed by atoms with Crippen LogP contribution in [0.4, 0.5) is 4.39 Å². The average molecular weight is 376 g/mol. The molecule has 0 spiro atoms. The molecule has 4 rings (SSSR count). The van der Waals surface area contributed by atoms with Gasteiger partial charge in [-0.1, -0.05) is 23.5 Å². The Morgan fingerprint density at radius 2 is 2.19 bits per heavy atom. The van der Waals surface area contributed by atoms with Crippen molar-refractivity contribution >= 4 is 22.2 Å². The molecular weight excluding hydrogens is 357 g/mol. The second-order valence-electron chi connectivity index (χ2n) is 6.57. The SMILES string of the molecule is NC(=O)C1CC[NH+]([C@@H](c2cccc(F)c2)c2sc3ncnn3c2O)CC1. The van der Waals surface area contributed by atoms with Gasteiger partial charge in [-0.25, -0.2) is 9.37 Å². The van der Waals surface area contributed by atoms with E-state index in [0.29, 0.717) is 35.8 Å². The van der Waals surface area contributed by atoms with Crippen LogP contribution in [0.25, 0.3) is 4.96 Å². The molecule has 4 N–H and O–H groups in total. The molecule has 1 amide bonds. The summed E-state index contributed by atoms with van der Waals surface area (Å²) in [6.07, 6.45) is 2.74. The molecule has 0 saturated carbocycles. The molecule has 1 atom stereocenters. The number of amides is 1. The molecule has 3 heterocycles. The van der Waals surface area contributed by atoms with Crippen molar-refractivity contribution in [1.29, 1.82) is 0 Å². The first-order valence-corrected chi connectivity index (χ1v) is 9.27. The van der Waals surface area contributed by atoms with Crippen molar-refractivity contribution in [1.82, 2.24) is 14.6 Å². The molecule has 0 radical (unpaired) electrons. The number of likely N-dealkylation sites (tertiary alicyclic amines) is 1. The Balaban J connectivity index is 1.74. The monoisotopic (exact) mass is 376 g/mol. The fourth-order valence-electron chi connectivity index (χ4n) is 3.70. The highest BCUT2D eigenvalue weighted by molar-refractivity contribution is 7.17. The minimum absolute atomic E-state index is 0.0290. The van der Waals surface area contributed by atoms with Crippen molar-refractivity contribution in [3.63, 3.8) is 0 Å². The van der Waals surface area contributed by atoms with E-state index in [4.69, 9.17) is 5.73 Å². The van der Waals surface area contributed by atoms with Crippen LogP contribution in [0.3, 0.4) is 0 Å². The lowest BCUT2D eigenvalue weighted by Crippen LogP contribution is -3.13. The number of nitrogens with one attached hydrogen (secondary N) is 1. The summed E-state index contributed by atoms with van der Waals surface area (Å²) in [5, 5.41) is 14.7. The van der Waals surface area contributed by atoms with Crippen molar-refractivity contribution in [2.75, 3.05) is 13.1 Å². The summed E-state index contributed by atoms with van der Waals surface area (Å²) in [5.74, 6) is -0.685. The first kappa shape index (κ1) is 16.9. The van der Waals surface area contributed by atoms with Gasteiger partial charge in [-0.05, 0) is 12.1 Å². The summed E-state index contributed by atoms with van der Waals surface area (Å²) >= 11 is 1.34. The van der Waals surface area contributed by atoms with E-state index in [1.165, 1.54) is 34.3 Å². The number of nitrogens with zero attached hydrogens (tertiary/aromatic N) is 3. The lowest BCUT2D eigenvalue weighted by molar-refractivity contribution is -0.930. The zero-order chi connectivity index (χ0) is 18.3. The summed E-state index contributed by atoms with van der Waals surface area (Å²) in [6, 6.07) is 6.16. The van der Waals surface area contributed by atoms with Crippen molar-refractivity contribution < 1.29 is 19.2 Å². The summed E-state index contributed by atoms with van der Waals surface area (Å²) in [7, 11) is 0. The van der Waals surface area contributed by atoms with Gasteiger partial charge in [0.2, 0.25) is 16.7 Å². The number of fused-ring (bicyclic) bond motifs is 1. The van der Waals surface area contributed by atoms with Crippen LogP contribution in [-0.2, 0) is 4.79 Å². The largest absolute Gasteiger partial charge is 0.492 e.